The van der Waals surface area contributed by atoms with Crippen LogP contribution in [0.15, 0.2) is 0 Å². The summed E-state index contributed by atoms with van der Waals surface area (Å²) in [4.78, 5) is 2.66. The van der Waals surface area contributed by atoms with Crippen LogP contribution in [0.2, 0.25) is 0 Å². The molecular weight excluding hydrogens is 224 g/mol. The van der Waals surface area contributed by atoms with E-state index in [1.807, 2.05) is 0 Å². The lowest BCUT2D eigenvalue weighted by Gasteiger charge is -2.32. The lowest BCUT2D eigenvalue weighted by atomic mass is 9.98. The SMILES string of the molecule is CCC(C)C1CN(CC2CCCO2)C(C)CCN1. The molecule has 0 spiro atoms. The van der Waals surface area contributed by atoms with Gasteiger partial charge in [-0.3, -0.25) is 4.90 Å². The van der Waals surface area contributed by atoms with Crippen LogP contribution in [0.1, 0.15) is 46.5 Å². The summed E-state index contributed by atoms with van der Waals surface area (Å²) in [5.74, 6) is 0.766. The van der Waals surface area contributed by atoms with Gasteiger partial charge in [0, 0.05) is 31.8 Å². The lowest BCUT2D eigenvalue weighted by molar-refractivity contribution is 0.0568. The van der Waals surface area contributed by atoms with Crippen LogP contribution >= 0.6 is 0 Å². The molecule has 0 radical (unpaired) electrons. The van der Waals surface area contributed by atoms with Crippen molar-refractivity contribution in [1.82, 2.24) is 10.2 Å². The molecule has 3 nitrogen and oxygen atoms in total. The van der Waals surface area contributed by atoms with E-state index < -0.39 is 0 Å². The summed E-state index contributed by atoms with van der Waals surface area (Å²) in [5.41, 5.74) is 0. The van der Waals surface area contributed by atoms with Crippen molar-refractivity contribution in [2.24, 2.45) is 5.92 Å². The Balaban J connectivity index is 1.91. The molecule has 3 heteroatoms. The molecule has 2 fully saturated rings. The molecule has 0 bridgehead atoms. The van der Waals surface area contributed by atoms with Gasteiger partial charge in [0.1, 0.15) is 0 Å². The van der Waals surface area contributed by atoms with Crippen LogP contribution in [0.25, 0.3) is 0 Å². The summed E-state index contributed by atoms with van der Waals surface area (Å²) in [6, 6.07) is 1.34. The minimum atomic E-state index is 0.489. The Kier molecular flexibility index (Phi) is 5.46. The molecule has 4 unspecified atom stereocenters. The quantitative estimate of drug-likeness (QED) is 0.833. The Morgan fingerprint density at radius 3 is 2.89 bits per heavy atom. The van der Waals surface area contributed by atoms with Crippen LogP contribution in [-0.4, -0.2) is 49.3 Å². The number of nitrogens with one attached hydrogen (secondary N) is 1. The van der Waals surface area contributed by atoms with E-state index >= 15 is 0 Å². The Hall–Kier alpha value is -0.120. The molecule has 4 atom stereocenters. The van der Waals surface area contributed by atoms with Gasteiger partial charge < -0.3 is 10.1 Å². The Labute approximate surface area is 112 Å². The molecule has 0 aromatic heterocycles. The maximum atomic E-state index is 5.80. The van der Waals surface area contributed by atoms with E-state index in [0.717, 1.165) is 25.6 Å². The Bertz CT molecular complexity index is 241. The molecule has 2 heterocycles. The summed E-state index contributed by atoms with van der Waals surface area (Å²) >= 11 is 0. The average Bonchev–Trinajstić information content (AvgIpc) is 2.81. The molecule has 0 aromatic carbocycles. The molecule has 0 saturated carbocycles. The van der Waals surface area contributed by atoms with Gasteiger partial charge in [-0.25, -0.2) is 0 Å². The topological polar surface area (TPSA) is 24.5 Å². The third kappa shape index (κ3) is 3.69. The smallest absolute Gasteiger partial charge is 0.0702 e. The monoisotopic (exact) mass is 254 g/mol. The van der Waals surface area contributed by atoms with E-state index in [9.17, 15) is 0 Å². The number of ether oxygens (including phenoxy) is 1. The van der Waals surface area contributed by atoms with E-state index in [0.29, 0.717) is 18.2 Å². The fraction of sp³-hybridized carbons (Fsp3) is 1.00. The van der Waals surface area contributed by atoms with Gasteiger partial charge >= 0.3 is 0 Å². The minimum absolute atomic E-state index is 0.489. The van der Waals surface area contributed by atoms with Crippen molar-refractivity contribution in [3.05, 3.63) is 0 Å². The second-order valence-electron chi connectivity index (χ2n) is 6.17. The highest BCUT2D eigenvalue weighted by atomic mass is 16.5. The number of hydrogen-bond donors (Lipinski definition) is 1. The zero-order valence-electron chi connectivity index (χ0n) is 12.3. The van der Waals surface area contributed by atoms with Crippen molar-refractivity contribution in [3.8, 4) is 0 Å². The van der Waals surface area contributed by atoms with Gasteiger partial charge in [-0.05, 0) is 38.6 Å². The fourth-order valence-electron chi connectivity index (χ4n) is 3.13. The third-order valence-corrected chi connectivity index (χ3v) is 4.82. The van der Waals surface area contributed by atoms with Crippen molar-refractivity contribution >= 4 is 0 Å². The lowest BCUT2D eigenvalue weighted by Crippen LogP contribution is -2.45. The van der Waals surface area contributed by atoms with E-state index in [-0.39, 0.29) is 0 Å². The maximum absolute atomic E-state index is 5.80. The highest BCUT2D eigenvalue weighted by molar-refractivity contribution is 4.85. The average molecular weight is 254 g/mol. The van der Waals surface area contributed by atoms with Gasteiger partial charge in [-0.2, -0.15) is 0 Å². The molecule has 2 rings (SSSR count). The molecule has 0 amide bonds. The second kappa shape index (κ2) is 6.88. The second-order valence-corrected chi connectivity index (χ2v) is 6.17. The van der Waals surface area contributed by atoms with Gasteiger partial charge in [0.25, 0.3) is 0 Å². The van der Waals surface area contributed by atoms with E-state index in [4.69, 9.17) is 4.74 Å². The van der Waals surface area contributed by atoms with E-state index in [1.54, 1.807) is 0 Å². The first kappa shape index (κ1) is 14.3. The number of hydrogen-bond acceptors (Lipinski definition) is 3. The third-order valence-electron chi connectivity index (χ3n) is 4.82. The first-order chi connectivity index (χ1) is 8.70. The molecule has 2 aliphatic rings. The summed E-state index contributed by atoms with van der Waals surface area (Å²) < 4.78 is 5.80. The normalized spacial score (nSPS) is 36.5. The standard InChI is InChI=1S/C15H30N2O/c1-4-12(2)15-11-17(13(3)7-8-16-15)10-14-6-5-9-18-14/h12-16H,4-11H2,1-3H3. The zero-order chi connectivity index (χ0) is 13.0. The Morgan fingerprint density at radius 2 is 2.22 bits per heavy atom. The maximum Gasteiger partial charge on any atom is 0.0702 e. The van der Waals surface area contributed by atoms with Crippen molar-refractivity contribution in [1.29, 1.82) is 0 Å². The van der Waals surface area contributed by atoms with Crippen LogP contribution in [0.4, 0.5) is 0 Å². The molecule has 0 aliphatic carbocycles. The summed E-state index contributed by atoms with van der Waals surface area (Å²) in [6.45, 7) is 11.5. The Morgan fingerprint density at radius 1 is 1.39 bits per heavy atom. The summed E-state index contributed by atoms with van der Waals surface area (Å²) in [6.07, 6.45) is 5.52. The highest BCUT2D eigenvalue weighted by Crippen LogP contribution is 2.19. The van der Waals surface area contributed by atoms with Crippen LogP contribution < -0.4 is 5.32 Å². The fourth-order valence-corrected chi connectivity index (χ4v) is 3.13. The number of rotatable bonds is 4. The van der Waals surface area contributed by atoms with Gasteiger partial charge in [0.2, 0.25) is 0 Å². The van der Waals surface area contributed by atoms with E-state index in [2.05, 4.69) is 31.0 Å². The van der Waals surface area contributed by atoms with Gasteiger partial charge in [0.05, 0.1) is 6.10 Å². The zero-order valence-corrected chi connectivity index (χ0v) is 12.3. The van der Waals surface area contributed by atoms with Gasteiger partial charge in [-0.1, -0.05) is 20.3 Å². The molecule has 2 saturated heterocycles. The van der Waals surface area contributed by atoms with E-state index in [1.165, 1.54) is 32.2 Å². The van der Waals surface area contributed by atoms with Crippen LogP contribution in [-0.2, 0) is 4.74 Å². The van der Waals surface area contributed by atoms with Crippen molar-refractivity contribution in [3.63, 3.8) is 0 Å². The summed E-state index contributed by atoms with van der Waals surface area (Å²) in [7, 11) is 0. The first-order valence-corrected chi connectivity index (χ1v) is 7.79. The molecular formula is C15H30N2O. The van der Waals surface area contributed by atoms with Gasteiger partial charge in [0.15, 0.2) is 0 Å². The van der Waals surface area contributed by atoms with Crippen LogP contribution in [0.5, 0.6) is 0 Å². The molecule has 1 N–H and O–H groups in total. The van der Waals surface area contributed by atoms with Crippen LogP contribution in [0.3, 0.4) is 0 Å². The molecule has 106 valence electrons. The predicted molar refractivity (Wildman–Crippen MR) is 75.9 cm³/mol. The highest BCUT2D eigenvalue weighted by Gasteiger charge is 2.28. The van der Waals surface area contributed by atoms with Gasteiger partial charge in [-0.15, -0.1) is 0 Å². The van der Waals surface area contributed by atoms with Crippen LogP contribution in [0, 0.1) is 5.92 Å². The molecule has 2 aliphatic heterocycles. The van der Waals surface area contributed by atoms with Crippen molar-refractivity contribution < 1.29 is 4.74 Å². The predicted octanol–water partition coefficient (Wildman–Crippen LogP) is 2.26. The van der Waals surface area contributed by atoms with Crippen molar-refractivity contribution in [2.75, 3.05) is 26.2 Å². The first-order valence-electron chi connectivity index (χ1n) is 7.79. The van der Waals surface area contributed by atoms with Crippen molar-refractivity contribution in [2.45, 2.75) is 64.6 Å². The minimum Gasteiger partial charge on any atom is -0.377 e. The summed E-state index contributed by atoms with van der Waals surface area (Å²) in [5, 5.41) is 3.74. The molecule has 18 heavy (non-hydrogen) atoms. The largest absolute Gasteiger partial charge is 0.377 e. The molecule has 0 aromatic rings. The number of nitrogens with zero attached hydrogens (tertiary/aromatic N) is 1.